The molecule has 0 radical (unpaired) electrons. The molecule has 1 aromatic rings. The van der Waals surface area contributed by atoms with Gasteiger partial charge in [-0.15, -0.1) is 0 Å². The van der Waals surface area contributed by atoms with Crippen molar-refractivity contribution < 1.29 is 13.2 Å². The van der Waals surface area contributed by atoms with E-state index in [9.17, 15) is 13.2 Å². The lowest BCUT2D eigenvalue weighted by molar-refractivity contribution is 0.100. The van der Waals surface area contributed by atoms with Gasteiger partial charge < -0.3 is 5.73 Å². The minimum Gasteiger partial charge on any atom is -0.366 e. The summed E-state index contributed by atoms with van der Waals surface area (Å²) in [5, 5.41) is 0. The molecule has 0 atom stereocenters. The Hall–Kier alpha value is -1.40. The van der Waals surface area contributed by atoms with Crippen LogP contribution >= 0.6 is 0 Å². The minimum absolute atomic E-state index is 0.0723. The van der Waals surface area contributed by atoms with Crippen molar-refractivity contribution in [2.75, 3.05) is 12.8 Å². The molecular formula is C11H16N2O3S. The van der Waals surface area contributed by atoms with Crippen molar-refractivity contribution in [3.05, 3.63) is 35.4 Å². The number of hydrogen-bond donors (Lipinski definition) is 1. The Morgan fingerprint density at radius 1 is 1.29 bits per heavy atom. The Morgan fingerprint density at radius 3 is 2.24 bits per heavy atom. The van der Waals surface area contributed by atoms with Crippen LogP contribution in [0.25, 0.3) is 0 Å². The van der Waals surface area contributed by atoms with Crippen LogP contribution in [-0.4, -0.2) is 31.4 Å². The van der Waals surface area contributed by atoms with Gasteiger partial charge in [-0.25, -0.2) is 12.7 Å². The maximum absolute atomic E-state index is 11.5. The quantitative estimate of drug-likeness (QED) is 0.836. The lowest BCUT2D eigenvalue weighted by Crippen LogP contribution is -2.27. The van der Waals surface area contributed by atoms with Crippen molar-refractivity contribution in [1.82, 2.24) is 4.31 Å². The van der Waals surface area contributed by atoms with Gasteiger partial charge in [0.1, 0.15) is 0 Å². The third-order valence-corrected chi connectivity index (χ3v) is 4.29. The average molecular weight is 256 g/mol. The van der Waals surface area contributed by atoms with Gasteiger partial charge in [-0.05, 0) is 24.6 Å². The fourth-order valence-electron chi connectivity index (χ4n) is 1.35. The predicted octanol–water partition coefficient (Wildman–Crippen LogP) is 0.567. The fourth-order valence-corrected chi connectivity index (χ4v) is 2.14. The Balaban J connectivity index is 2.80. The molecule has 0 aromatic heterocycles. The first-order valence-electron chi connectivity index (χ1n) is 5.19. The predicted molar refractivity (Wildman–Crippen MR) is 65.9 cm³/mol. The van der Waals surface area contributed by atoms with Gasteiger partial charge in [0.05, 0.1) is 5.75 Å². The molecule has 1 aromatic carbocycles. The summed E-state index contributed by atoms with van der Waals surface area (Å²) < 4.78 is 24.3. The van der Waals surface area contributed by atoms with Crippen LogP contribution in [0.15, 0.2) is 24.3 Å². The molecule has 6 heteroatoms. The van der Waals surface area contributed by atoms with Gasteiger partial charge >= 0.3 is 0 Å². The molecule has 1 amide bonds. The third-order valence-electron chi connectivity index (χ3n) is 2.48. The first kappa shape index (κ1) is 13.7. The highest BCUT2D eigenvalue weighted by Crippen LogP contribution is 2.09. The van der Waals surface area contributed by atoms with Crippen LogP contribution in [0.4, 0.5) is 0 Å². The summed E-state index contributed by atoms with van der Waals surface area (Å²) in [6.07, 6.45) is 0. The molecular weight excluding hydrogens is 240 g/mol. The van der Waals surface area contributed by atoms with Gasteiger partial charge in [-0.3, -0.25) is 4.79 Å². The number of carbonyl (C=O) groups excluding carboxylic acids is 1. The molecule has 0 saturated heterocycles. The van der Waals surface area contributed by atoms with Crippen LogP contribution in [0.2, 0.25) is 0 Å². The van der Waals surface area contributed by atoms with Crippen molar-refractivity contribution in [3.63, 3.8) is 0 Å². The molecule has 5 nitrogen and oxygen atoms in total. The normalized spacial score (nSPS) is 11.7. The summed E-state index contributed by atoms with van der Waals surface area (Å²) in [5.41, 5.74) is 6.34. The summed E-state index contributed by atoms with van der Waals surface area (Å²) in [5.74, 6) is -0.422. The third kappa shape index (κ3) is 3.54. The molecule has 0 spiro atoms. The molecule has 0 aliphatic rings. The topological polar surface area (TPSA) is 80.5 Å². The largest absolute Gasteiger partial charge is 0.366 e. The van der Waals surface area contributed by atoms with Crippen molar-refractivity contribution >= 4 is 15.9 Å². The number of sulfonamides is 1. The lowest BCUT2D eigenvalue weighted by atomic mass is 10.1. The second-order valence-electron chi connectivity index (χ2n) is 3.72. The number of nitrogens with zero attached hydrogens (tertiary/aromatic N) is 1. The number of rotatable bonds is 5. The van der Waals surface area contributed by atoms with Crippen LogP contribution in [0.1, 0.15) is 22.8 Å². The standard InChI is InChI=1S/C11H16N2O3S/c1-3-17(15,16)13(2)8-9-4-6-10(7-5-9)11(12)14/h4-7H,3,8H2,1-2H3,(H2,12,14). The zero-order valence-corrected chi connectivity index (χ0v) is 10.7. The Bertz CT molecular complexity index is 494. The van der Waals surface area contributed by atoms with Crippen molar-refractivity contribution in [3.8, 4) is 0 Å². The minimum atomic E-state index is -3.18. The molecule has 0 heterocycles. The number of carbonyl (C=O) groups is 1. The monoisotopic (exact) mass is 256 g/mol. The molecule has 0 aliphatic carbocycles. The van der Waals surface area contributed by atoms with E-state index in [1.165, 1.54) is 11.4 Å². The van der Waals surface area contributed by atoms with E-state index in [1.54, 1.807) is 31.2 Å². The van der Waals surface area contributed by atoms with E-state index in [-0.39, 0.29) is 12.3 Å². The van der Waals surface area contributed by atoms with Crippen molar-refractivity contribution in [1.29, 1.82) is 0 Å². The fraction of sp³-hybridized carbons (Fsp3) is 0.364. The Labute approximate surface area is 101 Å². The number of nitrogens with two attached hydrogens (primary N) is 1. The summed E-state index contributed by atoms with van der Waals surface area (Å²) in [6, 6.07) is 6.57. The summed E-state index contributed by atoms with van der Waals surface area (Å²) in [7, 11) is -1.65. The molecule has 0 fully saturated rings. The first-order chi connectivity index (χ1) is 7.86. The summed E-state index contributed by atoms with van der Waals surface area (Å²) in [4.78, 5) is 10.9. The highest BCUT2D eigenvalue weighted by Gasteiger charge is 2.15. The van der Waals surface area contributed by atoms with Crippen molar-refractivity contribution in [2.24, 2.45) is 5.73 Å². The van der Waals surface area contributed by atoms with Gasteiger partial charge in [-0.1, -0.05) is 12.1 Å². The number of benzene rings is 1. The molecule has 1 rings (SSSR count). The Kier molecular flexibility index (Phi) is 4.25. The van der Waals surface area contributed by atoms with E-state index >= 15 is 0 Å². The average Bonchev–Trinajstić information content (AvgIpc) is 2.29. The SMILES string of the molecule is CCS(=O)(=O)N(C)Cc1ccc(C(N)=O)cc1. The maximum Gasteiger partial charge on any atom is 0.248 e. The summed E-state index contributed by atoms with van der Waals surface area (Å²) >= 11 is 0. The second-order valence-corrected chi connectivity index (χ2v) is 6.08. The number of primary amides is 1. The molecule has 17 heavy (non-hydrogen) atoms. The van der Waals surface area contributed by atoms with Crippen LogP contribution in [0, 0.1) is 0 Å². The highest BCUT2D eigenvalue weighted by atomic mass is 32.2. The second kappa shape index (κ2) is 5.29. The molecule has 0 saturated carbocycles. The molecule has 2 N–H and O–H groups in total. The zero-order chi connectivity index (χ0) is 13.1. The van der Waals surface area contributed by atoms with Crippen LogP contribution in [0.3, 0.4) is 0 Å². The van der Waals surface area contributed by atoms with E-state index in [0.29, 0.717) is 5.56 Å². The first-order valence-corrected chi connectivity index (χ1v) is 6.80. The molecule has 0 aliphatic heterocycles. The van der Waals surface area contributed by atoms with Gasteiger partial charge in [0.25, 0.3) is 0 Å². The van der Waals surface area contributed by atoms with Crippen LogP contribution in [0.5, 0.6) is 0 Å². The van der Waals surface area contributed by atoms with E-state index < -0.39 is 15.9 Å². The smallest absolute Gasteiger partial charge is 0.248 e. The van der Waals surface area contributed by atoms with Gasteiger partial charge in [0.15, 0.2) is 0 Å². The van der Waals surface area contributed by atoms with Crippen molar-refractivity contribution in [2.45, 2.75) is 13.5 Å². The van der Waals surface area contributed by atoms with E-state index in [2.05, 4.69) is 0 Å². The summed E-state index contributed by atoms with van der Waals surface area (Å²) in [6.45, 7) is 1.89. The Morgan fingerprint density at radius 2 is 1.82 bits per heavy atom. The number of hydrogen-bond acceptors (Lipinski definition) is 3. The van der Waals surface area contributed by atoms with Gasteiger partial charge in [-0.2, -0.15) is 0 Å². The van der Waals surface area contributed by atoms with E-state index in [1.807, 2.05) is 0 Å². The lowest BCUT2D eigenvalue weighted by Gasteiger charge is -2.15. The highest BCUT2D eigenvalue weighted by molar-refractivity contribution is 7.89. The van der Waals surface area contributed by atoms with Gasteiger partial charge in [0, 0.05) is 19.2 Å². The van der Waals surface area contributed by atoms with Crippen LogP contribution < -0.4 is 5.73 Å². The molecule has 94 valence electrons. The molecule has 0 bridgehead atoms. The zero-order valence-electron chi connectivity index (χ0n) is 9.88. The van der Waals surface area contributed by atoms with Crippen LogP contribution in [-0.2, 0) is 16.6 Å². The van der Waals surface area contributed by atoms with E-state index in [4.69, 9.17) is 5.73 Å². The maximum atomic E-state index is 11.5. The van der Waals surface area contributed by atoms with Gasteiger partial charge in [0.2, 0.25) is 15.9 Å². The number of amides is 1. The van der Waals surface area contributed by atoms with E-state index in [0.717, 1.165) is 5.56 Å². The molecule has 0 unspecified atom stereocenters.